The Morgan fingerprint density at radius 1 is 0.900 bits per heavy atom. The Morgan fingerprint density at radius 2 is 1.63 bits per heavy atom. The minimum absolute atomic E-state index is 0.0707. The summed E-state index contributed by atoms with van der Waals surface area (Å²) >= 11 is 0. The molecule has 1 N–H and O–H groups in total. The molecule has 0 atom stereocenters. The fourth-order valence-electron chi connectivity index (χ4n) is 3.33. The Labute approximate surface area is 176 Å². The van der Waals surface area contributed by atoms with Gasteiger partial charge < -0.3 is 9.64 Å². The second-order valence-corrected chi connectivity index (χ2v) is 8.80. The summed E-state index contributed by atoms with van der Waals surface area (Å²) in [5, 5.41) is 0. The SMILES string of the molecule is O=C1CCCN1c1ccc(S(=O)(=O)NCc2cccc(Oc3ccccc3)c2)cc1. The molecular formula is C23H22N2O4S. The zero-order valence-electron chi connectivity index (χ0n) is 16.3. The Hall–Kier alpha value is -3.16. The number of amides is 1. The number of hydrogen-bond acceptors (Lipinski definition) is 4. The lowest BCUT2D eigenvalue weighted by molar-refractivity contribution is -0.117. The van der Waals surface area contributed by atoms with E-state index in [-0.39, 0.29) is 17.3 Å². The van der Waals surface area contributed by atoms with E-state index in [4.69, 9.17) is 4.74 Å². The number of ether oxygens (including phenoxy) is 1. The van der Waals surface area contributed by atoms with Crippen molar-refractivity contribution >= 4 is 21.6 Å². The zero-order valence-corrected chi connectivity index (χ0v) is 17.1. The van der Waals surface area contributed by atoms with E-state index < -0.39 is 10.0 Å². The maximum atomic E-state index is 12.7. The van der Waals surface area contributed by atoms with Crippen molar-refractivity contribution in [3.8, 4) is 11.5 Å². The third-order valence-corrected chi connectivity index (χ3v) is 6.29. The molecule has 1 amide bonds. The highest BCUT2D eigenvalue weighted by Gasteiger charge is 2.22. The Bertz CT molecular complexity index is 1130. The standard InChI is InChI=1S/C23H22N2O4S/c26-23-10-5-15-25(23)19-11-13-22(14-12-19)30(27,28)24-17-18-6-4-9-21(16-18)29-20-7-2-1-3-8-20/h1-4,6-9,11-14,16,24H,5,10,15,17H2. The first-order valence-electron chi connectivity index (χ1n) is 9.73. The van der Waals surface area contributed by atoms with Gasteiger partial charge in [-0.2, -0.15) is 0 Å². The molecule has 0 aromatic heterocycles. The fourth-order valence-corrected chi connectivity index (χ4v) is 4.35. The Kier molecular flexibility index (Phi) is 5.83. The molecule has 1 aliphatic heterocycles. The number of para-hydroxylation sites is 1. The van der Waals surface area contributed by atoms with Crippen molar-refractivity contribution in [2.75, 3.05) is 11.4 Å². The summed E-state index contributed by atoms with van der Waals surface area (Å²) < 4.78 is 33.7. The zero-order chi connectivity index (χ0) is 21.0. The summed E-state index contributed by atoms with van der Waals surface area (Å²) in [6, 6.07) is 23.1. The van der Waals surface area contributed by atoms with Crippen molar-refractivity contribution in [1.82, 2.24) is 4.72 Å². The van der Waals surface area contributed by atoms with Crippen LogP contribution in [0.3, 0.4) is 0 Å². The third kappa shape index (κ3) is 4.69. The van der Waals surface area contributed by atoms with Gasteiger partial charge in [0.1, 0.15) is 11.5 Å². The first-order valence-corrected chi connectivity index (χ1v) is 11.2. The monoisotopic (exact) mass is 422 g/mol. The van der Waals surface area contributed by atoms with Gasteiger partial charge in [-0.05, 0) is 60.5 Å². The van der Waals surface area contributed by atoms with Crippen LogP contribution in [0.15, 0.2) is 83.8 Å². The second kappa shape index (κ2) is 8.69. The maximum Gasteiger partial charge on any atom is 0.240 e. The van der Waals surface area contributed by atoms with E-state index in [1.807, 2.05) is 48.5 Å². The summed E-state index contributed by atoms with van der Waals surface area (Å²) in [6.07, 6.45) is 1.36. The molecule has 7 heteroatoms. The largest absolute Gasteiger partial charge is 0.457 e. The lowest BCUT2D eigenvalue weighted by Gasteiger charge is -2.16. The van der Waals surface area contributed by atoms with Gasteiger partial charge in [-0.25, -0.2) is 13.1 Å². The quantitative estimate of drug-likeness (QED) is 0.622. The molecule has 3 aromatic rings. The first-order chi connectivity index (χ1) is 14.5. The van der Waals surface area contributed by atoms with Crippen LogP contribution in [0.5, 0.6) is 11.5 Å². The van der Waals surface area contributed by atoms with Crippen LogP contribution in [-0.4, -0.2) is 20.9 Å². The minimum atomic E-state index is -3.68. The van der Waals surface area contributed by atoms with Gasteiger partial charge >= 0.3 is 0 Å². The molecule has 4 rings (SSSR count). The molecule has 0 unspecified atom stereocenters. The van der Waals surface area contributed by atoms with Crippen LogP contribution in [0.25, 0.3) is 0 Å². The molecule has 0 spiro atoms. The van der Waals surface area contributed by atoms with Crippen LogP contribution in [0.2, 0.25) is 0 Å². The van der Waals surface area contributed by atoms with E-state index >= 15 is 0 Å². The average Bonchev–Trinajstić information content (AvgIpc) is 3.19. The van der Waals surface area contributed by atoms with Crippen LogP contribution in [-0.2, 0) is 21.4 Å². The van der Waals surface area contributed by atoms with E-state index in [0.717, 1.165) is 17.7 Å². The molecule has 0 saturated carbocycles. The number of hydrogen-bond donors (Lipinski definition) is 1. The smallest absolute Gasteiger partial charge is 0.240 e. The normalized spacial score (nSPS) is 14.1. The molecule has 0 aliphatic carbocycles. The van der Waals surface area contributed by atoms with Crippen molar-refractivity contribution < 1.29 is 17.9 Å². The highest BCUT2D eigenvalue weighted by Crippen LogP contribution is 2.24. The summed E-state index contributed by atoms with van der Waals surface area (Å²) in [7, 11) is -3.68. The minimum Gasteiger partial charge on any atom is -0.457 e. The molecule has 3 aromatic carbocycles. The molecule has 1 heterocycles. The van der Waals surface area contributed by atoms with Crippen molar-refractivity contribution in [2.45, 2.75) is 24.3 Å². The predicted octanol–water partition coefficient (Wildman–Crippen LogP) is 4.08. The van der Waals surface area contributed by atoms with Gasteiger partial charge in [0, 0.05) is 25.2 Å². The molecule has 1 aliphatic rings. The van der Waals surface area contributed by atoms with E-state index in [1.54, 1.807) is 23.1 Å². The van der Waals surface area contributed by atoms with Crippen LogP contribution in [0.4, 0.5) is 5.69 Å². The topological polar surface area (TPSA) is 75.7 Å². The van der Waals surface area contributed by atoms with Gasteiger partial charge in [0.05, 0.1) is 4.90 Å². The van der Waals surface area contributed by atoms with E-state index in [9.17, 15) is 13.2 Å². The number of carbonyl (C=O) groups excluding carboxylic acids is 1. The van der Waals surface area contributed by atoms with E-state index in [0.29, 0.717) is 24.5 Å². The van der Waals surface area contributed by atoms with Gasteiger partial charge in [0.2, 0.25) is 15.9 Å². The van der Waals surface area contributed by atoms with E-state index in [2.05, 4.69) is 4.72 Å². The van der Waals surface area contributed by atoms with Gasteiger partial charge in [0.15, 0.2) is 0 Å². The third-order valence-electron chi connectivity index (χ3n) is 4.88. The Balaban J connectivity index is 1.41. The summed E-state index contributed by atoms with van der Waals surface area (Å²) in [6.45, 7) is 0.811. The average molecular weight is 423 g/mol. The molecule has 6 nitrogen and oxygen atoms in total. The lowest BCUT2D eigenvalue weighted by Crippen LogP contribution is -2.25. The maximum absolute atomic E-state index is 12.7. The Morgan fingerprint density at radius 3 is 2.33 bits per heavy atom. The van der Waals surface area contributed by atoms with Crippen LogP contribution in [0.1, 0.15) is 18.4 Å². The molecule has 1 saturated heterocycles. The first kappa shape index (κ1) is 20.1. The second-order valence-electron chi connectivity index (χ2n) is 7.03. The number of carbonyl (C=O) groups is 1. The summed E-state index contributed by atoms with van der Waals surface area (Å²) in [5.41, 5.74) is 1.51. The number of anilines is 1. The lowest BCUT2D eigenvalue weighted by atomic mass is 10.2. The van der Waals surface area contributed by atoms with Crippen LogP contribution >= 0.6 is 0 Å². The summed E-state index contributed by atoms with van der Waals surface area (Å²) in [4.78, 5) is 13.7. The van der Waals surface area contributed by atoms with Crippen LogP contribution < -0.4 is 14.4 Å². The van der Waals surface area contributed by atoms with Gasteiger partial charge in [-0.1, -0.05) is 30.3 Å². The van der Waals surface area contributed by atoms with Gasteiger partial charge in [-0.3, -0.25) is 4.79 Å². The summed E-state index contributed by atoms with van der Waals surface area (Å²) in [5.74, 6) is 1.42. The number of benzene rings is 3. The molecular weight excluding hydrogens is 400 g/mol. The van der Waals surface area contributed by atoms with Crippen LogP contribution in [0, 0.1) is 0 Å². The fraction of sp³-hybridized carbons (Fsp3) is 0.174. The molecule has 1 fully saturated rings. The van der Waals surface area contributed by atoms with Crippen molar-refractivity contribution in [3.63, 3.8) is 0 Å². The van der Waals surface area contributed by atoms with Gasteiger partial charge in [0.25, 0.3) is 0 Å². The number of nitrogens with zero attached hydrogens (tertiary/aromatic N) is 1. The van der Waals surface area contributed by atoms with Crippen molar-refractivity contribution in [3.05, 3.63) is 84.4 Å². The van der Waals surface area contributed by atoms with Gasteiger partial charge in [-0.15, -0.1) is 0 Å². The number of rotatable bonds is 7. The molecule has 0 radical (unpaired) electrons. The van der Waals surface area contributed by atoms with Crippen molar-refractivity contribution in [2.24, 2.45) is 0 Å². The highest BCUT2D eigenvalue weighted by atomic mass is 32.2. The van der Waals surface area contributed by atoms with E-state index in [1.165, 1.54) is 12.1 Å². The van der Waals surface area contributed by atoms with Crippen molar-refractivity contribution in [1.29, 1.82) is 0 Å². The molecule has 30 heavy (non-hydrogen) atoms. The number of nitrogens with one attached hydrogen (secondary N) is 1. The molecule has 0 bridgehead atoms. The molecule has 154 valence electrons. The predicted molar refractivity (Wildman–Crippen MR) is 115 cm³/mol. The highest BCUT2D eigenvalue weighted by molar-refractivity contribution is 7.89. The number of sulfonamides is 1.